The number of nitrogens with one attached hydrogen (secondary N) is 1. The van der Waals surface area contributed by atoms with Crippen LogP contribution in [0.4, 0.5) is 17.2 Å². The van der Waals surface area contributed by atoms with Crippen molar-refractivity contribution < 1.29 is 0 Å². The van der Waals surface area contributed by atoms with Gasteiger partial charge in [0.25, 0.3) is 0 Å². The fraction of sp³-hybridized carbons (Fsp3) is 0. The molecule has 0 spiro atoms. The molecule has 4 nitrogen and oxygen atoms in total. The van der Waals surface area contributed by atoms with Crippen LogP contribution in [-0.4, -0.2) is 9.97 Å². The smallest absolute Gasteiger partial charge is 0.224 e. The van der Waals surface area contributed by atoms with Crippen molar-refractivity contribution in [2.45, 2.75) is 0 Å². The fourth-order valence-electron chi connectivity index (χ4n) is 1.14. The molecule has 0 unspecified atom stereocenters. The Morgan fingerprint density at radius 1 is 1.12 bits per heavy atom. The van der Waals surface area contributed by atoms with Gasteiger partial charge in [0.1, 0.15) is 0 Å². The van der Waals surface area contributed by atoms with Gasteiger partial charge in [-0.25, -0.2) is 4.98 Å². The predicted molar refractivity (Wildman–Crippen MR) is 66.2 cm³/mol. The maximum Gasteiger partial charge on any atom is 0.224 e. The number of hydrogen-bond donors (Lipinski definition) is 2. The fourth-order valence-corrected chi connectivity index (χ4v) is 1.40. The summed E-state index contributed by atoms with van der Waals surface area (Å²) in [6, 6.07) is 7.17. The number of nitrogen functional groups attached to an aromatic ring is 1. The van der Waals surface area contributed by atoms with E-state index in [0.717, 1.165) is 5.69 Å². The number of rotatable bonds is 2. The van der Waals surface area contributed by atoms with Crippen molar-refractivity contribution in [3.63, 3.8) is 0 Å². The predicted octanol–water partition coefficient (Wildman–Crippen LogP) is 3.11. The third-order valence-electron chi connectivity index (χ3n) is 1.89. The summed E-state index contributed by atoms with van der Waals surface area (Å²) in [5.74, 6) is 0.474. The second kappa shape index (κ2) is 4.55. The quantitative estimate of drug-likeness (QED) is 0.809. The van der Waals surface area contributed by atoms with Crippen LogP contribution < -0.4 is 11.1 Å². The first-order valence-corrected chi connectivity index (χ1v) is 5.21. The maximum absolute atomic E-state index is 5.77. The van der Waals surface area contributed by atoms with E-state index >= 15 is 0 Å². The zero-order valence-electron chi connectivity index (χ0n) is 8.11. The van der Waals surface area contributed by atoms with Crippen molar-refractivity contribution in [1.82, 2.24) is 9.97 Å². The molecule has 1 heterocycles. The molecule has 16 heavy (non-hydrogen) atoms. The molecule has 82 valence electrons. The lowest BCUT2D eigenvalue weighted by atomic mass is 10.3. The van der Waals surface area contributed by atoms with Crippen molar-refractivity contribution >= 4 is 40.4 Å². The Labute approximate surface area is 102 Å². The van der Waals surface area contributed by atoms with Crippen LogP contribution in [-0.2, 0) is 0 Å². The van der Waals surface area contributed by atoms with Crippen LogP contribution in [0.1, 0.15) is 0 Å². The van der Waals surface area contributed by atoms with Crippen LogP contribution >= 0.6 is 23.2 Å². The normalized spacial score (nSPS) is 10.1. The summed E-state index contributed by atoms with van der Waals surface area (Å²) < 4.78 is 0. The molecule has 0 saturated carbocycles. The van der Waals surface area contributed by atoms with Gasteiger partial charge in [-0.15, -0.1) is 0 Å². The van der Waals surface area contributed by atoms with Crippen LogP contribution in [0.15, 0.2) is 30.5 Å². The number of hydrogen-bond acceptors (Lipinski definition) is 4. The molecule has 1 aromatic carbocycles. The van der Waals surface area contributed by atoms with Crippen molar-refractivity contribution in [2.75, 3.05) is 11.1 Å². The minimum atomic E-state index is 0.144. The number of anilines is 3. The Balaban J connectivity index is 2.26. The van der Waals surface area contributed by atoms with E-state index in [2.05, 4.69) is 15.3 Å². The van der Waals surface area contributed by atoms with Gasteiger partial charge in [-0.1, -0.05) is 11.6 Å². The third-order valence-corrected chi connectivity index (χ3v) is 2.33. The summed E-state index contributed by atoms with van der Waals surface area (Å²) in [7, 11) is 0. The number of nitrogens with zero attached hydrogens (tertiary/aromatic N) is 2. The van der Waals surface area contributed by atoms with Gasteiger partial charge in [-0.05, 0) is 35.9 Å². The van der Waals surface area contributed by atoms with E-state index in [4.69, 9.17) is 28.9 Å². The van der Waals surface area contributed by atoms with E-state index in [1.54, 1.807) is 12.1 Å². The topological polar surface area (TPSA) is 63.8 Å². The summed E-state index contributed by atoms with van der Waals surface area (Å²) in [5, 5.41) is 3.83. The van der Waals surface area contributed by atoms with E-state index in [9.17, 15) is 0 Å². The standard InChI is InChI=1S/C10H8Cl2N4/c11-6-1-3-7(4-2-6)15-9-8(13)5-14-10(12)16-9/h1-5H,13H2,(H,14,15,16). The Morgan fingerprint density at radius 3 is 2.50 bits per heavy atom. The van der Waals surface area contributed by atoms with Crippen molar-refractivity contribution in [3.05, 3.63) is 40.8 Å². The zero-order valence-corrected chi connectivity index (χ0v) is 9.63. The lowest BCUT2D eigenvalue weighted by Crippen LogP contribution is -2.00. The molecule has 0 atom stereocenters. The van der Waals surface area contributed by atoms with Crippen molar-refractivity contribution in [3.8, 4) is 0 Å². The molecule has 2 aromatic rings. The van der Waals surface area contributed by atoms with Gasteiger partial charge in [0, 0.05) is 10.7 Å². The van der Waals surface area contributed by atoms with Gasteiger partial charge in [0.05, 0.1) is 11.9 Å². The molecule has 6 heteroatoms. The second-order valence-electron chi connectivity index (χ2n) is 3.07. The number of aromatic nitrogens is 2. The van der Waals surface area contributed by atoms with Gasteiger partial charge in [0.2, 0.25) is 5.28 Å². The van der Waals surface area contributed by atoms with E-state index in [1.807, 2.05) is 12.1 Å². The summed E-state index contributed by atoms with van der Waals surface area (Å²) in [6.07, 6.45) is 1.45. The Bertz CT molecular complexity index is 499. The number of halogens is 2. The van der Waals surface area contributed by atoms with Crippen LogP contribution in [0.5, 0.6) is 0 Å². The average molecular weight is 255 g/mol. The molecule has 0 aliphatic carbocycles. The molecule has 0 amide bonds. The highest BCUT2D eigenvalue weighted by Gasteiger charge is 2.03. The van der Waals surface area contributed by atoms with Crippen LogP contribution in [0.25, 0.3) is 0 Å². The highest BCUT2D eigenvalue weighted by atomic mass is 35.5. The monoisotopic (exact) mass is 254 g/mol. The molecule has 0 aliphatic heterocycles. The molecular weight excluding hydrogens is 247 g/mol. The van der Waals surface area contributed by atoms with E-state index in [-0.39, 0.29) is 5.28 Å². The second-order valence-corrected chi connectivity index (χ2v) is 3.85. The largest absolute Gasteiger partial charge is 0.394 e. The molecular formula is C10H8Cl2N4. The Morgan fingerprint density at radius 2 is 1.81 bits per heavy atom. The van der Waals surface area contributed by atoms with E-state index in [1.165, 1.54) is 6.20 Å². The van der Waals surface area contributed by atoms with E-state index in [0.29, 0.717) is 16.5 Å². The first kappa shape index (κ1) is 11.0. The Hall–Kier alpha value is -1.52. The highest BCUT2D eigenvalue weighted by molar-refractivity contribution is 6.30. The molecule has 0 bridgehead atoms. The van der Waals surface area contributed by atoms with E-state index < -0.39 is 0 Å². The SMILES string of the molecule is Nc1cnc(Cl)nc1Nc1ccc(Cl)cc1. The maximum atomic E-state index is 5.77. The van der Waals surface area contributed by atoms with Crippen LogP contribution in [0.3, 0.4) is 0 Å². The van der Waals surface area contributed by atoms with Gasteiger partial charge < -0.3 is 11.1 Å². The molecule has 0 saturated heterocycles. The van der Waals surface area contributed by atoms with Gasteiger partial charge >= 0.3 is 0 Å². The summed E-state index contributed by atoms with van der Waals surface area (Å²) in [6.45, 7) is 0. The molecule has 2 rings (SSSR count). The van der Waals surface area contributed by atoms with Gasteiger partial charge in [0.15, 0.2) is 5.82 Å². The lowest BCUT2D eigenvalue weighted by Gasteiger charge is -2.07. The van der Waals surface area contributed by atoms with Crippen LogP contribution in [0, 0.1) is 0 Å². The number of nitrogens with two attached hydrogens (primary N) is 1. The molecule has 3 N–H and O–H groups in total. The minimum absolute atomic E-state index is 0.144. The Kier molecular flexibility index (Phi) is 3.12. The molecule has 0 radical (unpaired) electrons. The molecule has 0 fully saturated rings. The van der Waals surface area contributed by atoms with Crippen molar-refractivity contribution in [2.24, 2.45) is 0 Å². The third kappa shape index (κ3) is 2.53. The summed E-state index contributed by atoms with van der Waals surface area (Å²) in [5.41, 5.74) is 6.95. The van der Waals surface area contributed by atoms with Gasteiger partial charge in [-0.2, -0.15) is 4.98 Å². The molecule has 1 aromatic heterocycles. The summed E-state index contributed by atoms with van der Waals surface area (Å²) >= 11 is 11.4. The lowest BCUT2D eigenvalue weighted by molar-refractivity contribution is 1.17. The summed E-state index contributed by atoms with van der Waals surface area (Å²) in [4.78, 5) is 7.74. The molecule has 0 aliphatic rings. The highest BCUT2D eigenvalue weighted by Crippen LogP contribution is 2.22. The first-order chi connectivity index (χ1) is 7.65. The first-order valence-electron chi connectivity index (χ1n) is 4.46. The van der Waals surface area contributed by atoms with Crippen LogP contribution in [0.2, 0.25) is 10.3 Å². The zero-order chi connectivity index (χ0) is 11.5. The average Bonchev–Trinajstić information content (AvgIpc) is 2.27. The minimum Gasteiger partial charge on any atom is -0.394 e. The number of benzene rings is 1. The van der Waals surface area contributed by atoms with Gasteiger partial charge in [-0.3, -0.25) is 0 Å². The van der Waals surface area contributed by atoms with Crippen molar-refractivity contribution in [1.29, 1.82) is 0 Å².